The standard InChI is InChI=1S/C16H26N4O3S/c1-2-7-20(13-5-6-17-11-13)24(22,23)14-10-15(18-12-14)16(21)19-8-3-4-9-19/h10,12-13,17-18H,2-9,11H2,1H3. The molecule has 2 fully saturated rings. The lowest BCUT2D eigenvalue weighted by Crippen LogP contribution is -2.41. The van der Waals surface area contributed by atoms with Crippen molar-refractivity contribution >= 4 is 15.9 Å². The highest BCUT2D eigenvalue weighted by atomic mass is 32.2. The van der Waals surface area contributed by atoms with Gasteiger partial charge in [0.1, 0.15) is 10.6 Å². The lowest BCUT2D eigenvalue weighted by atomic mass is 10.2. The van der Waals surface area contributed by atoms with Crippen LogP contribution in [-0.4, -0.2) is 67.3 Å². The summed E-state index contributed by atoms with van der Waals surface area (Å²) in [6, 6.07) is 1.48. The van der Waals surface area contributed by atoms with E-state index in [1.54, 1.807) is 9.21 Å². The molecule has 8 heteroatoms. The van der Waals surface area contributed by atoms with Crippen molar-refractivity contribution in [3.8, 4) is 0 Å². The molecule has 0 radical (unpaired) electrons. The van der Waals surface area contributed by atoms with Gasteiger partial charge in [0.2, 0.25) is 10.0 Å². The first-order chi connectivity index (χ1) is 11.5. The van der Waals surface area contributed by atoms with Crippen LogP contribution in [0.2, 0.25) is 0 Å². The second-order valence-electron chi connectivity index (χ2n) is 6.51. The molecular weight excluding hydrogens is 328 g/mol. The maximum atomic E-state index is 13.0. The molecule has 1 aromatic heterocycles. The minimum absolute atomic E-state index is 0.0115. The van der Waals surface area contributed by atoms with Crippen LogP contribution in [0.15, 0.2) is 17.2 Å². The molecule has 3 rings (SSSR count). The average molecular weight is 354 g/mol. The number of likely N-dealkylation sites (tertiary alicyclic amines) is 1. The lowest BCUT2D eigenvalue weighted by Gasteiger charge is -2.26. The van der Waals surface area contributed by atoms with Crippen LogP contribution in [0.1, 0.15) is 43.1 Å². The summed E-state index contributed by atoms with van der Waals surface area (Å²) in [5.41, 5.74) is 0.358. The molecule has 0 aromatic carbocycles. The van der Waals surface area contributed by atoms with Gasteiger partial charge in [-0.1, -0.05) is 6.92 Å². The third kappa shape index (κ3) is 3.36. The van der Waals surface area contributed by atoms with Crippen molar-refractivity contribution in [2.45, 2.75) is 43.5 Å². The minimum atomic E-state index is -3.59. The van der Waals surface area contributed by atoms with Gasteiger partial charge in [-0.15, -0.1) is 0 Å². The largest absolute Gasteiger partial charge is 0.356 e. The highest BCUT2D eigenvalue weighted by Gasteiger charge is 2.34. The summed E-state index contributed by atoms with van der Waals surface area (Å²) in [6.07, 6.45) is 5.06. The first kappa shape index (κ1) is 17.4. The molecule has 0 bridgehead atoms. The normalized spacial score (nSPS) is 21.8. The van der Waals surface area contributed by atoms with Gasteiger partial charge in [0.05, 0.1) is 0 Å². The number of aromatic amines is 1. The molecule has 1 aromatic rings. The van der Waals surface area contributed by atoms with Gasteiger partial charge in [0.15, 0.2) is 0 Å². The van der Waals surface area contributed by atoms with Crippen LogP contribution in [0.5, 0.6) is 0 Å². The van der Waals surface area contributed by atoms with E-state index in [1.165, 1.54) is 12.3 Å². The monoisotopic (exact) mass is 354 g/mol. The molecule has 1 atom stereocenters. The number of nitrogens with zero attached hydrogens (tertiary/aromatic N) is 2. The van der Waals surface area contributed by atoms with Crippen molar-refractivity contribution in [3.05, 3.63) is 18.0 Å². The Bertz CT molecular complexity index is 673. The maximum Gasteiger partial charge on any atom is 0.270 e. The predicted octanol–water partition coefficient (Wildman–Crippen LogP) is 1.01. The fourth-order valence-electron chi connectivity index (χ4n) is 3.48. The van der Waals surface area contributed by atoms with Gasteiger partial charge in [-0.25, -0.2) is 8.42 Å². The van der Waals surface area contributed by atoms with Crippen molar-refractivity contribution in [1.29, 1.82) is 0 Å². The number of nitrogens with one attached hydrogen (secondary N) is 2. The Hall–Kier alpha value is -1.38. The van der Waals surface area contributed by atoms with E-state index in [9.17, 15) is 13.2 Å². The fraction of sp³-hybridized carbons (Fsp3) is 0.688. The average Bonchev–Trinajstić information content (AvgIpc) is 3.34. The number of H-pyrrole nitrogens is 1. The van der Waals surface area contributed by atoms with Crippen molar-refractivity contribution in [2.24, 2.45) is 0 Å². The quantitative estimate of drug-likeness (QED) is 0.798. The molecule has 2 N–H and O–H groups in total. The zero-order valence-corrected chi connectivity index (χ0v) is 14.9. The molecule has 2 aliphatic heterocycles. The molecule has 0 saturated carbocycles. The number of carbonyl (C=O) groups excluding carboxylic acids is 1. The summed E-state index contributed by atoms with van der Waals surface area (Å²) in [7, 11) is -3.59. The highest BCUT2D eigenvalue weighted by molar-refractivity contribution is 7.89. The second kappa shape index (κ2) is 7.25. The van der Waals surface area contributed by atoms with Gasteiger partial charge in [0.25, 0.3) is 5.91 Å². The maximum absolute atomic E-state index is 13.0. The van der Waals surface area contributed by atoms with Gasteiger partial charge < -0.3 is 15.2 Å². The van der Waals surface area contributed by atoms with Crippen LogP contribution in [0.25, 0.3) is 0 Å². The van der Waals surface area contributed by atoms with Gasteiger partial charge in [-0.05, 0) is 38.3 Å². The van der Waals surface area contributed by atoms with E-state index in [1.807, 2.05) is 6.92 Å². The van der Waals surface area contributed by atoms with Crippen LogP contribution >= 0.6 is 0 Å². The summed E-state index contributed by atoms with van der Waals surface area (Å²) in [5, 5.41) is 3.22. The summed E-state index contributed by atoms with van der Waals surface area (Å²) >= 11 is 0. The number of amides is 1. The third-order valence-corrected chi connectivity index (χ3v) is 6.70. The zero-order valence-electron chi connectivity index (χ0n) is 14.1. The minimum Gasteiger partial charge on any atom is -0.356 e. The van der Waals surface area contributed by atoms with E-state index in [0.717, 1.165) is 45.3 Å². The Morgan fingerprint density at radius 1 is 1.38 bits per heavy atom. The van der Waals surface area contributed by atoms with E-state index in [0.29, 0.717) is 18.8 Å². The lowest BCUT2D eigenvalue weighted by molar-refractivity contribution is 0.0787. The van der Waals surface area contributed by atoms with Gasteiger partial charge in [-0.2, -0.15) is 4.31 Å². The molecule has 1 amide bonds. The molecule has 0 aliphatic carbocycles. The van der Waals surface area contributed by atoms with Crippen LogP contribution in [0.3, 0.4) is 0 Å². The molecule has 3 heterocycles. The van der Waals surface area contributed by atoms with E-state index < -0.39 is 10.0 Å². The van der Waals surface area contributed by atoms with E-state index >= 15 is 0 Å². The molecule has 24 heavy (non-hydrogen) atoms. The molecule has 1 unspecified atom stereocenters. The van der Waals surface area contributed by atoms with Crippen molar-refractivity contribution in [1.82, 2.24) is 19.5 Å². The van der Waals surface area contributed by atoms with Crippen LogP contribution in [0.4, 0.5) is 0 Å². The topological polar surface area (TPSA) is 85.5 Å². The van der Waals surface area contributed by atoms with Gasteiger partial charge in [-0.3, -0.25) is 4.79 Å². The summed E-state index contributed by atoms with van der Waals surface area (Å²) in [6.45, 7) is 5.49. The molecule has 2 saturated heterocycles. The number of hydrogen-bond acceptors (Lipinski definition) is 4. The SMILES string of the molecule is CCCN(C1CCNC1)S(=O)(=O)c1c[nH]c(C(=O)N2CCCC2)c1. The third-order valence-electron chi connectivity index (χ3n) is 4.77. The molecule has 2 aliphatic rings. The summed E-state index contributed by atoms with van der Waals surface area (Å²) in [5.74, 6) is -0.112. The predicted molar refractivity (Wildman–Crippen MR) is 91.4 cm³/mol. The van der Waals surface area contributed by atoms with Crippen LogP contribution in [0, 0.1) is 0 Å². The molecule has 134 valence electrons. The molecule has 7 nitrogen and oxygen atoms in total. The van der Waals surface area contributed by atoms with Gasteiger partial charge >= 0.3 is 0 Å². The number of rotatable bonds is 6. The van der Waals surface area contributed by atoms with Crippen molar-refractivity contribution < 1.29 is 13.2 Å². The Morgan fingerprint density at radius 3 is 2.75 bits per heavy atom. The first-order valence-corrected chi connectivity index (χ1v) is 10.2. The Balaban J connectivity index is 1.82. The fourth-order valence-corrected chi connectivity index (χ4v) is 5.22. The molecular formula is C16H26N4O3S. The Morgan fingerprint density at radius 2 is 2.12 bits per heavy atom. The highest BCUT2D eigenvalue weighted by Crippen LogP contribution is 2.23. The summed E-state index contributed by atoms with van der Waals surface area (Å²) < 4.78 is 27.6. The molecule has 0 spiro atoms. The van der Waals surface area contributed by atoms with Crippen LogP contribution in [-0.2, 0) is 10.0 Å². The summed E-state index contributed by atoms with van der Waals surface area (Å²) in [4.78, 5) is 17.2. The van der Waals surface area contributed by atoms with Crippen molar-refractivity contribution in [2.75, 3.05) is 32.7 Å². The van der Waals surface area contributed by atoms with Crippen molar-refractivity contribution in [3.63, 3.8) is 0 Å². The second-order valence-corrected chi connectivity index (χ2v) is 8.40. The smallest absolute Gasteiger partial charge is 0.270 e. The first-order valence-electron chi connectivity index (χ1n) is 8.74. The van der Waals surface area contributed by atoms with E-state index in [4.69, 9.17) is 0 Å². The Labute approximate surface area is 143 Å². The number of carbonyl (C=O) groups is 1. The van der Waals surface area contributed by atoms with Gasteiger partial charge in [0, 0.05) is 38.4 Å². The Kier molecular flexibility index (Phi) is 5.27. The zero-order chi connectivity index (χ0) is 17.2. The van der Waals surface area contributed by atoms with E-state index in [-0.39, 0.29) is 16.8 Å². The number of hydrogen-bond donors (Lipinski definition) is 2. The van der Waals surface area contributed by atoms with Crippen LogP contribution < -0.4 is 5.32 Å². The number of sulfonamides is 1. The number of aromatic nitrogens is 1. The van der Waals surface area contributed by atoms with E-state index in [2.05, 4.69) is 10.3 Å².